The van der Waals surface area contributed by atoms with Gasteiger partial charge < -0.3 is 0 Å². The maximum absolute atomic E-state index is 13.0. The normalized spacial score (nSPS) is 13.2. The van der Waals surface area contributed by atoms with Crippen molar-refractivity contribution in [3.63, 3.8) is 0 Å². The number of nitrogens with one attached hydrogen (secondary N) is 1. The Balaban J connectivity index is 1.63. The van der Waals surface area contributed by atoms with Gasteiger partial charge in [0.1, 0.15) is 5.82 Å². The highest BCUT2D eigenvalue weighted by Gasteiger charge is 2.23. The largest absolute Gasteiger partial charge is 0.269 e. The summed E-state index contributed by atoms with van der Waals surface area (Å²) in [5.41, 5.74) is 6.46. The summed E-state index contributed by atoms with van der Waals surface area (Å²) in [7, 11) is 0. The van der Waals surface area contributed by atoms with Crippen molar-refractivity contribution in [3.8, 4) is 0 Å². The summed E-state index contributed by atoms with van der Waals surface area (Å²) < 4.78 is 13.0. The molecular weight excluding hydrogens is 305 g/mol. The van der Waals surface area contributed by atoms with Gasteiger partial charge >= 0.3 is 0 Å². The highest BCUT2D eigenvalue weighted by atomic mass is 19.1. The zero-order chi connectivity index (χ0) is 16.7. The molecule has 2 heterocycles. The van der Waals surface area contributed by atoms with E-state index in [9.17, 15) is 9.18 Å². The van der Waals surface area contributed by atoms with Crippen molar-refractivity contribution < 1.29 is 9.18 Å². The number of fused-ring (bicyclic) bond motifs is 2. The second-order valence-corrected chi connectivity index (χ2v) is 6.02. The smallest absolute Gasteiger partial charge is 0.267 e. The van der Waals surface area contributed by atoms with Gasteiger partial charge in [-0.05, 0) is 60.9 Å². The summed E-state index contributed by atoms with van der Waals surface area (Å²) in [6.45, 7) is 2.70. The van der Waals surface area contributed by atoms with Crippen LogP contribution in [-0.2, 0) is 6.42 Å². The molecule has 0 radical (unpaired) electrons. The molecule has 3 aromatic rings. The first-order chi connectivity index (χ1) is 11.6. The second-order valence-electron chi connectivity index (χ2n) is 6.02. The van der Waals surface area contributed by atoms with E-state index in [2.05, 4.69) is 23.6 Å². The lowest BCUT2D eigenvalue weighted by atomic mass is 10.1. The minimum absolute atomic E-state index is 0.269. The maximum Gasteiger partial charge on any atom is 0.269 e. The number of carbonyl (C=O) groups is 1. The molecule has 1 amide bonds. The second kappa shape index (κ2) is 5.60. The van der Waals surface area contributed by atoms with E-state index in [1.807, 2.05) is 13.0 Å². The van der Waals surface area contributed by atoms with Gasteiger partial charge in [-0.2, -0.15) is 0 Å². The Morgan fingerprint density at radius 3 is 2.75 bits per heavy atom. The van der Waals surface area contributed by atoms with Crippen LogP contribution < -0.4 is 10.4 Å². The summed E-state index contributed by atoms with van der Waals surface area (Å²) in [6, 6.07) is 13.8. The minimum atomic E-state index is -0.360. The zero-order valence-corrected chi connectivity index (χ0v) is 13.2. The Kier molecular flexibility index (Phi) is 3.41. The lowest BCUT2D eigenvalue weighted by Crippen LogP contribution is -2.41. The topological polar surface area (TPSA) is 45.2 Å². The Hall–Kier alpha value is -2.95. The first kappa shape index (κ1) is 14.6. The van der Waals surface area contributed by atoms with Crippen molar-refractivity contribution in [2.45, 2.75) is 13.3 Å². The molecule has 1 N–H and O–H groups in total. The number of hydrogen-bond donors (Lipinski definition) is 1. The molecule has 24 heavy (non-hydrogen) atoms. The summed E-state index contributed by atoms with van der Waals surface area (Å²) in [5, 5.41) is 2.87. The molecule has 0 bridgehead atoms. The fourth-order valence-corrected chi connectivity index (χ4v) is 2.96. The van der Waals surface area contributed by atoms with Crippen LogP contribution in [0, 0.1) is 12.7 Å². The van der Waals surface area contributed by atoms with Gasteiger partial charge in [0.05, 0.1) is 5.52 Å². The van der Waals surface area contributed by atoms with Gasteiger partial charge in [-0.15, -0.1) is 0 Å². The summed E-state index contributed by atoms with van der Waals surface area (Å²) >= 11 is 0. The third kappa shape index (κ3) is 2.58. The Bertz CT molecular complexity index is 937. The molecule has 1 aromatic heterocycles. The predicted molar refractivity (Wildman–Crippen MR) is 91.4 cm³/mol. The molecule has 2 aromatic carbocycles. The Morgan fingerprint density at radius 1 is 1.17 bits per heavy atom. The van der Waals surface area contributed by atoms with Crippen molar-refractivity contribution in [2.75, 3.05) is 11.6 Å². The van der Waals surface area contributed by atoms with Gasteiger partial charge in [0, 0.05) is 17.5 Å². The van der Waals surface area contributed by atoms with Crippen LogP contribution in [0.1, 0.15) is 21.5 Å². The minimum Gasteiger partial charge on any atom is -0.267 e. The van der Waals surface area contributed by atoms with Gasteiger partial charge in [0.25, 0.3) is 5.91 Å². The first-order valence-corrected chi connectivity index (χ1v) is 7.84. The molecule has 0 spiro atoms. The van der Waals surface area contributed by atoms with Crippen LogP contribution >= 0.6 is 0 Å². The lowest BCUT2D eigenvalue weighted by Gasteiger charge is -2.19. The molecule has 0 fully saturated rings. The number of anilines is 1. The van der Waals surface area contributed by atoms with E-state index in [4.69, 9.17) is 4.98 Å². The van der Waals surface area contributed by atoms with Crippen LogP contribution in [0.4, 0.5) is 10.2 Å². The SMILES string of the molecule is Cc1ccc2cc3c(nc2c1)N(NC(=O)c1ccc(F)cc1)CC3. The number of hydrazine groups is 1. The van der Waals surface area contributed by atoms with Crippen molar-refractivity contribution in [3.05, 3.63) is 71.0 Å². The van der Waals surface area contributed by atoms with Crippen LogP contribution in [0.5, 0.6) is 0 Å². The first-order valence-electron chi connectivity index (χ1n) is 7.84. The standard InChI is InChI=1S/C19H16FN3O/c1-12-2-3-14-11-15-8-9-23(18(15)21-17(14)10-12)22-19(24)13-4-6-16(20)7-5-13/h2-7,10-11H,8-9H2,1H3,(H,22,24). The van der Waals surface area contributed by atoms with Gasteiger partial charge in [-0.3, -0.25) is 15.2 Å². The van der Waals surface area contributed by atoms with Gasteiger partial charge in [-0.1, -0.05) is 12.1 Å². The molecule has 0 saturated heterocycles. The van der Waals surface area contributed by atoms with Crippen LogP contribution in [0.25, 0.3) is 10.9 Å². The number of aryl methyl sites for hydroxylation is 1. The Morgan fingerprint density at radius 2 is 1.96 bits per heavy atom. The summed E-state index contributed by atoms with van der Waals surface area (Å²) in [4.78, 5) is 17.0. The monoisotopic (exact) mass is 321 g/mol. The van der Waals surface area contributed by atoms with Crippen molar-refractivity contribution >= 4 is 22.6 Å². The van der Waals surface area contributed by atoms with Crippen molar-refractivity contribution in [1.82, 2.24) is 10.4 Å². The quantitative estimate of drug-likeness (QED) is 0.787. The van der Waals surface area contributed by atoms with Crippen molar-refractivity contribution in [2.24, 2.45) is 0 Å². The average Bonchev–Trinajstić information content (AvgIpc) is 2.95. The zero-order valence-electron chi connectivity index (χ0n) is 13.2. The molecular formula is C19H16FN3O. The molecule has 0 unspecified atom stereocenters. The van der Waals surface area contributed by atoms with Crippen LogP contribution in [-0.4, -0.2) is 17.4 Å². The molecule has 4 nitrogen and oxygen atoms in total. The van der Waals surface area contributed by atoms with E-state index in [1.54, 1.807) is 5.01 Å². The number of benzene rings is 2. The van der Waals surface area contributed by atoms with Gasteiger partial charge in [0.2, 0.25) is 0 Å². The van der Waals surface area contributed by atoms with Gasteiger partial charge in [-0.25, -0.2) is 9.37 Å². The number of carbonyl (C=O) groups excluding carboxylic acids is 1. The molecule has 1 aliphatic rings. The Labute approximate surface area is 138 Å². The molecule has 0 aliphatic carbocycles. The third-order valence-electron chi connectivity index (χ3n) is 4.23. The molecule has 5 heteroatoms. The number of halogens is 1. The summed E-state index contributed by atoms with van der Waals surface area (Å²) in [6.07, 6.45) is 0.829. The van der Waals surface area contributed by atoms with Gasteiger partial charge in [0.15, 0.2) is 5.82 Å². The average molecular weight is 321 g/mol. The van der Waals surface area contributed by atoms with E-state index in [0.717, 1.165) is 34.3 Å². The molecule has 1 aliphatic heterocycles. The lowest BCUT2D eigenvalue weighted by molar-refractivity contribution is 0.0949. The fourth-order valence-electron chi connectivity index (χ4n) is 2.96. The van der Waals surface area contributed by atoms with E-state index >= 15 is 0 Å². The van der Waals surface area contributed by atoms with E-state index < -0.39 is 0 Å². The number of pyridine rings is 1. The number of aromatic nitrogens is 1. The number of hydrogen-bond acceptors (Lipinski definition) is 3. The number of rotatable bonds is 2. The van der Waals surface area contributed by atoms with E-state index in [-0.39, 0.29) is 11.7 Å². The highest BCUT2D eigenvalue weighted by Crippen LogP contribution is 2.28. The predicted octanol–water partition coefficient (Wildman–Crippen LogP) is 3.39. The summed E-state index contributed by atoms with van der Waals surface area (Å²) in [5.74, 6) is 0.152. The van der Waals surface area contributed by atoms with E-state index in [1.165, 1.54) is 24.3 Å². The molecule has 0 saturated carbocycles. The van der Waals surface area contributed by atoms with E-state index in [0.29, 0.717) is 12.1 Å². The van der Waals surface area contributed by atoms with Crippen LogP contribution in [0.2, 0.25) is 0 Å². The highest BCUT2D eigenvalue weighted by molar-refractivity contribution is 5.95. The van der Waals surface area contributed by atoms with Crippen LogP contribution in [0.3, 0.4) is 0 Å². The number of amides is 1. The van der Waals surface area contributed by atoms with Crippen LogP contribution in [0.15, 0.2) is 48.5 Å². The fraction of sp³-hybridized carbons (Fsp3) is 0.158. The van der Waals surface area contributed by atoms with Crippen molar-refractivity contribution in [1.29, 1.82) is 0 Å². The molecule has 0 atom stereocenters. The molecule has 120 valence electrons. The number of nitrogens with zero attached hydrogens (tertiary/aromatic N) is 2. The third-order valence-corrected chi connectivity index (χ3v) is 4.23. The maximum atomic E-state index is 13.0. The molecule has 4 rings (SSSR count).